The van der Waals surface area contributed by atoms with Crippen LogP contribution in [-0.4, -0.2) is 4.57 Å². The number of aryl methyl sites for hydroxylation is 1. The van der Waals surface area contributed by atoms with Gasteiger partial charge in [0, 0.05) is 11.1 Å². The number of halogens is 1. The zero-order chi connectivity index (χ0) is 15.5. The predicted octanol–water partition coefficient (Wildman–Crippen LogP) is 4.53. The molecule has 0 bridgehead atoms. The second-order valence-corrected chi connectivity index (χ2v) is 5.77. The molecule has 0 amide bonds. The number of nitrogens with zero attached hydrogens (tertiary/aromatic N) is 1. The molecule has 0 aliphatic carbocycles. The molecule has 0 atom stereocenters. The molecule has 0 spiro atoms. The number of hydrogen-bond acceptors (Lipinski definition) is 1. The molecule has 2 aromatic carbocycles. The summed E-state index contributed by atoms with van der Waals surface area (Å²) in [6, 6.07) is 21.1. The van der Waals surface area contributed by atoms with Gasteiger partial charge in [-0.1, -0.05) is 59.6 Å². The Labute approximate surface area is 134 Å². The van der Waals surface area contributed by atoms with Crippen molar-refractivity contribution in [2.75, 3.05) is 0 Å². The van der Waals surface area contributed by atoms with Crippen molar-refractivity contribution in [2.24, 2.45) is 0 Å². The summed E-state index contributed by atoms with van der Waals surface area (Å²) in [7, 11) is 0. The molecule has 0 fully saturated rings. The molecule has 0 saturated heterocycles. The van der Waals surface area contributed by atoms with Gasteiger partial charge in [-0.05, 0) is 36.2 Å². The van der Waals surface area contributed by atoms with E-state index in [1.807, 2.05) is 49.4 Å². The van der Waals surface area contributed by atoms with Crippen LogP contribution in [0.15, 0.2) is 71.5 Å². The second kappa shape index (κ2) is 6.20. The molecule has 0 aliphatic rings. The molecule has 110 valence electrons. The van der Waals surface area contributed by atoms with Gasteiger partial charge in [0.2, 0.25) is 0 Å². The highest BCUT2D eigenvalue weighted by molar-refractivity contribution is 6.30. The maximum atomic E-state index is 12.3. The van der Waals surface area contributed by atoms with E-state index in [1.54, 1.807) is 16.7 Å². The molecule has 0 aliphatic heterocycles. The average molecular weight is 310 g/mol. The molecule has 1 aromatic heterocycles. The minimum absolute atomic E-state index is 0.0157. The Bertz CT molecular complexity index is 850. The van der Waals surface area contributed by atoms with Crippen molar-refractivity contribution in [1.29, 1.82) is 0 Å². The van der Waals surface area contributed by atoms with Gasteiger partial charge >= 0.3 is 0 Å². The van der Waals surface area contributed by atoms with Crippen LogP contribution < -0.4 is 5.56 Å². The summed E-state index contributed by atoms with van der Waals surface area (Å²) >= 11 is 6.04. The molecule has 0 unspecified atom stereocenters. The van der Waals surface area contributed by atoms with E-state index in [-0.39, 0.29) is 5.56 Å². The normalized spacial score (nSPS) is 10.6. The maximum Gasteiger partial charge on any atom is 0.251 e. The summed E-state index contributed by atoms with van der Waals surface area (Å²) in [5.41, 5.74) is 4.13. The molecule has 22 heavy (non-hydrogen) atoms. The van der Waals surface area contributed by atoms with E-state index in [4.69, 9.17) is 11.6 Å². The molecule has 1 heterocycles. The van der Waals surface area contributed by atoms with E-state index in [0.717, 1.165) is 16.8 Å². The van der Waals surface area contributed by atoms with Gasteiger partial charge in [0.05, 0.1) is 12.2 Å². The average Bonchev–Trinajstić information content (AvgIpc) is 2.50. The fourth-order valence-corrected chi connectivity index (χ4v) is 2.69. The first-order chi connectivity index (χ1) is 10.6. The predicted molar refractivity (Wildman–Crippen MR) is 91.4 cm³/mol. The Balaban J connectivity index is 2.07. The summed E-state index contributed by atoms with van der Waals surface area (Å²) in [4.78, 5) is 12.3. The van der Waals surface area contributed by atoms with Crippen molar-refractivity contribution in [3.8, 4) is 11.3 Å². The molecule has 3 rings (SSSR count). The van der Waals surface area contributed by atoms with Gasteiger partial charge in [0.1, 0.15) is 0 Å². The molecule has 0 radical (unpaired) electrons. The van der Waals surface area contributed by atoms with E-state index in [2.05, 4.69) is 12.1 Å². The first-order valence-corrected chi connectivity index (χ1v) is 7.52. The lowest BCUT2D eigenvalue weighted by Crippen LogP contribution is -2.21. The highest BCUT2D eigenvalue weighted by atomic mass is 35.5. The lowest BCUT2D eigenvalue weighted by atomic mass is 10.1. The molecule has 2 nitrogen and oxygen atoms in total. The number of pyridine rings is 1. The van der Waals surface area contributed by atoms with Gasteiger partial charge in [-0.2, -0.15) is 0 Å². The monoisotopic (exact) mass is 309 g/mol. The minimum atomic E-state index is -0.0157. The second-order valence-electron chi connectivity index (χ2n) is 5.33. The highest BCUT2D eigenvalue weighted by Gasteiger charge is 2.07. The fourth-order valence-electron chi connectivity index (χ4n) is 2.48. The van der Waals surface area contributed by atoms with Gasteiger partial charge in [-0.25, -0.2) is 0 Å². The third-order valence-corrected chi connectivity index (χ3v) is 3.86. The molecule has 0 saturated carbocycles. The number of aromatic nitrogens is 1. The quantitative estimate of drug-likeness (QED) is 0.697. The van der Waals surface area contributed by atoms with Crippen LogP contribution in [-0.2, 0) is 6.54 Å². The van der Waals surface area contributed by atoms with Gasteiger partial charge < -0.3 is 4.57 Å². The zero-order valence-electron chi connectivity index (χ0n) is 12.3. The molecule has 3 heteroatoms. The maximum absolute atomic E-state index is 12.3. The molecule has 0 N–H and O–H groups in total. The van der Waals surface area contributed by atoms with Crippen LogP contribution >= 0.6 is 11.6 Å². The highest BCUT2D eigenvalue weighted by Crippen LogP contribution is 2.20. The molecule has 3 aromatic rings. The van der Waals surface area contributed by atoms with Crippen LogP contribution in [0, 0.1) is 6.92 Å². The van der Waals surface area contributed by atoms with E-state index in [0.29, 0.717) is 11.6 Å². The smallest absolute Gasteiger partial charge is 0.251 e. The van der Waals surface area contributed by atoms with Gasteiger partial charge in [0.25, 0.3) is 5.56 Å². The first-order valence-electron chi connectivity index (χ1n) is 7.15. The van der Waals surface area contributed by atoms with Crippen molar-refractivity contribution in [3.05, 3.63) is 93.2 Å². The van der Waals surface area contributed by atoms with E-state index in [9.17, 15) is 4.79 Å². The minimum Gasteiger partial charge on any atom is -0.304 e. The van der Waals surface area contributed by atoms with Crippen LogP contribution in [0.25, 0.3) is 11.3 Å². The largest absolute Gasteiger partial charge is 0.304 e. The van der Waals surface area contributed by atoms with Crippen molar-refractivity contribution in [2.45, 2.75) is 13.5 Å². The number of hydrogen-bond donors (Lipinski definition) is 0. The van der Waals surface area contributed by atoms with E-state index in [1.165, 1.54) is 5.56 Å². The third kappa shape index (κ3) is 3.12. The SMILES string of the molecule is Cc1ccc(-c2cccc(=O)n2Cc2cccc(Cl)c2)cc1. The van der Waals surface area contributed by atoms with Crippen LogP contribution in [0.1, 0.15) is 11.1 Å². The van der Waals surface area contributed by atoms with Crippen LogP contribution in [0.2, 0.25) is 5.02 Å². The number of rotatable bonds is 3. The summed E-state index contributed by atoms with van der Waals surface area (Å²) in [5.74, 6) is 0. The Hall–Kier alpha value is -2.32. The first kappa shape index (κ1) is 14.6. The standard InChI is InChI=1S/C19H16ClNO/c1-14-8-10-16(11-9-14)18-6-3-7-19(22)21(18)13-15-4-2-5-17(20)12-15/h2-12H,13H2,1H3. The van der Waals surface area contributed by atoms with Gasteiger partial charge in [-0.15, -0.1) is 0 Å². The third-order valence-electron chi connectivity index (χ3n) is 3.63. The Morgan fingerprint density at radius 2 is 1.68 bits per heavy atom. The van der Waals surface area contributed by atoms with Gasteiger partial charge in [-0.3, -0.25) is 4.79 Å². The van der Waals surface area contributed by atoms with Crippen LogP contribution in [0.4, 0.5) is 0 Å². The Morgan fingerprint density at radius 1 is 0.955 bits per heavy atom. The topological polar surface area (TPSA) is 22.0 Å². The zero-order valence-corrected chi connectivity index (χ0v) is 13.0. The lowest BCUT2D eigenvalue weighted by Gasteiger charge is -2.13. The molecular formula is C19H16ClNO. The van der Waals surface area contributed by atoms with Crippen molar-refractivity contribution in [3.63, 3.8) is 0 Å². The van der Waals surface area contributed by atoms with Crippen molar-refractivity contribution in [1.82, 2.24) is 4.57 Å². The van der Waals surface area contributed by atoms with Gasteiger partial charge in [0.15, 0.2) is 0 Å². The van der Waals surface area contributed by atoms with Crippen LogP contribution in [0.3, 0.4) is 0 Å². The van der Waals surface area contributed by atoms with Crippen LogP contribution in [0.5, 0.6) is 0 Å². The lowest BCUT2D eigenvalue weighted by molar-refractivity contribution is 0.768. The summed E-state index contributed by atoms with van der Waals surface area (Å²) in [5, 5.41) is 0.679. The summed E-state index contributed by atoms with van der Waals surface area (Å²) in [6.45, 7) is 2.55. The van der Waals surface area contributed by atoms with Crippen molar-refractivity contribution < 1.29 is 0 Å². The number of benzene rings is 2. The Kier molecular flexibility index (Phi) is 4.12. The Morgan fingerprint density at radius 3 is 2.41 bits per heavy atom. The van der Waals surface area contributed by atoms with E-state index < -0.39 is 0 Å². The summed E-state index contributed by atoms with van der Waals surface area (Å²) in [6.07, 6.45) is 0. The van der Waals surface area contributed by atoms with E-state index >= 15 is 0 Å². The molecular weight excluding hydrogens is 294 g/mol. The van der Waals surface area contributed by atoms with Crippen molar-refractivity contribution >= 4 is 11.6 Å². The fraction of sp³-hybridized carbons (Fsp3) is 0.105. The summed E-state index contributed by atoms with van der Waals surface area (Å²) < 4.78 is 1.77.